The zero-order valence-corrected chi connectivity index (χ0v) is 14.3. The summed E-state index contributed by atoms with van der Waals surface area (Å²) in [6.45, 7) is 8.93. The van der Waals surface area contributed by atoms with Crippen molar-refractivity contribution in [2.75, 3.05) is 52.5 Å². The first-order chi connectivity index (χ1) is 11.2. The van der Waals surface area contributed by atoms with E-state index in [1.165, 1.54) is 0 Å². The predicted molar refractivity (Wildman–Crippen MR) is 88.4 cm³/mol. The lowest BCUT2D eigenvalue weighted by Gasteiger charge is -2.41. The normalized spacial score (nSPS) is 30.7. The van der Waals surface area contributed by atoms with Crippen LogP contribution in [0, 0.1) is 0 Å². The van der Waals surface area contributed by atoms with Crippen LogP contribution in [0.1, 0.15) is 32.6 Å². The topological polar surface area (TPSA) is 54.0 Å². The van der Waals surface area contributed by atoms with Crippen molar-refractivity contribution in [2.45, 2.75) is 50.9 Å². The van der Waals surface area contributed by atoms with Crippen molar-refractivity contribution < 1.29 is 14.3 Å². The number of carbonyl (C=O) groups is 1. The summed E-state index contributed by atoms with van der Waals surface area (Å²) in [6.07, 6.45) is 5.08. The van der Waals surface area contributed by atoms with E-state index < -0.39 is 0 Å². The molecule has 0 aromatic heterocycles. The minimum Gasteiger partial charge on any atom is -0.377 e. The minimum atomic E-state index is 0.233. The van der Waals surface area contributed by atoms with Crippen molar-refractivity contribution in [3.63, 3.8) is 0 Å². The van der Waals surface area contributed by atoms with Gasteiger partial charge in [-0.2, -0.15) is 0 Å². The number of amides is 1. The number of hydrogen-bond donors (Lipinski definition) is 1. The molecular formula is C17H31N3O3. The molecule has 6 heteroatoms. The van der Waals surface area contributed by atoms with E-state index in [0.29, 0.717) is 24.8 Å². The van der Waals surface area contributed by atoms with Gasteiger partial charge < -0.3 is 19.7 Å². The molecule has 1 amide bonds. The Morgan fingerprint density at radius 2 is 1.96 bits per heavy atom. The first kappa shape index (κ1) is 17.1. The Morgan fingerprint density at radius 3 is 2.65 bits per heavy atom. The molecule has 0 spiro atoms. The second-order valence-electron chi connectivity index (χ2n) is 7.05. The molecule has 132 valence electrons. The number of rotatable bonds is 5. The molecule has 0 aromatic carbocycles. The largest absolute Gasteiger partial charge is 0.377 e. The van der Waals surface area contributed by atoms with Crippen LogP contribution in [0.3, 0.4) is 0 Å². The van der Waals surface area contributed by atoms with Crippen LogP contribution in [0.25, 0.3) is 0 Å². The first-order valence-corrected chi connectivity index (χ1v) is 9.18. The molecule has 23 heavy (non-hydrogen) atoms. The van der Waals surface area contributed by atoms with Gasteiger partial charge in [0.25, 0.3) is 0 Å². The summed E-state index contributed by atoms with van der Waals surface area (Å²) in [5.41, 5.74) is 0. The highest BCUT2D eigenvalue weighted by molar-refractivity contribution is 5.78. The fourth-order valence-corrected chi connectivity index (χ4v) is 3.91. The van der Waals surface area contributed by atoms with Gasteiger partial charge in [0.05, 0.1) is 25.4 Å². The summed E-state index contributed by atoms with van der Waals surface area (Å²) < 4.78 is 11.2. The molecule has 0 saturated carbocycles. The average Bonchev–Trinajstić information content (AvgIpc) is 3.08. The Hall–Kier alpha value is -0.690. The third kappa shape index (κ3) is 4.89. The predicted octanol–water partition coefficient (Wildman–Crippen LogP) is 0.467. The highest BCUT2D eigenvalue weighted by Gasteiger charge is 2.29. The number of nitrogens with one attached hydrogen (secondary N) is 1. The number of morpholine rings is 1. The number of likely N-dealkylation sites (tertiary alicyclic amines) is 1. The molecule has 3 aliphatic rings. The van der Waals surface area contributed by atoms with E-state index in [1.54, 1.807) is 0 Å². The van der Waals surface area contributed by atoms with Crippen LogP contribution < -0.4 is 5.32 Å². The van der Waals surface area contributed by atoms with Gasteiger partial charge in [-0.1, -0.05) is 0 Å². The van der Waals surface area contributed by atoms with Gasteiger partial charge in [0.2, 0.25) is 5.91 Å². The summed E-state index contributed by atoms with van der Waals surface area (Å²) in [4.78, 5) is 16.9. The van der Waals surface area contributed by atoms with Crippen LogP contribution >= 0.6 is 0 Å². The lowest BCUT2D eigenvalue weighted by atomic mass is 10.0. The van der Waals surface area contributed by atoms with Gasteiger partial charge in [0.1, 0.15) is 0 Å². The fourth-order valence-electron chi connectivity index (χ4n) is 3.91. The van der Waals surface area contributed by atoms with Crippen LogP contribution in [0.5, 0.6) is 0 Å². The lowest BCUT2D eigenvalue weighted by molar-refractivity contribution is -0.132. The van der Waals surface area contributed by atoms with Crippen LogP contribution in [0.2, 0.25) is 0 Å². The minimum absolute atomic E-state index is 0.233. The van der Waals surface area contributed by atoms with Gasteiger partial charge in [0.15, 0.2) is 0 Å². The van der Waals surface area contributed by atoms with Crippen molar-refractivity contribution in [1.82, 2.24) is 15.1 Å². The second kappa shape index (κ2) is 8.42. The van der Waals surface area contributed by atoms with E-state index in [-0.39, 0.29) is 5.91 Å². The zero-order chi connectivity index (χ0) is 16.1. The molecule has 0 bridgehead atoms. The Morgan fingerprint density at radius 1 is 1.13 bits per heavy atom. The maximum atomic E-state index is 12.3. The molecule has 3 heterocycles. The number of hydrogen-bond acceptors (Lipinski definition) is 5. The molecule has 3 fully saturated rings. The third-order valence-electron chi connectivity index (χ3n) is 5.28. The Bertz CT molecular complexity index is 379. The van der Waals surface area contributed by atoms with Crippen LogP contribution in [-0.2, 0) is 14.3 Å². The summed E-state index contributed by atoms with van der Waals surface area (Å²) in [7, 11) is 0. The number of nitrogens with zero attached hydrogens (tertiary/aromatic N) is 2. The SMILES string of the molecule is C[C@@H]1CN(C2CCN(C(=O)CNC[C@H]3CCCO3)CC2)CCO1. The Balaban J connectivity index is 1.33. The Kier molecular flexibility index (Phi) is 6.28. The van der Waals surface area contributed by atoms with Gasteiger partial charge >= 0.3 is 0 Å². The van der Waals surface area contributed by atoms with Crippen LogP contribution in [-0.4, -0.2) is 86.4 Å². The number of piperidine rings is 1. The van der Waals surface area contributed by atoms with Gasteiger partial charge in [-0.3, -0.25) is 9.69 Å². The van der Waals surface area contributed by atoms with Gasteiger partial charge in [-0.25, -0.2) is 0 Å². The molecule has 0 unspecified atom stereocenters. The van der Waals surface area contributed by atoms with E-state index in [1.807, 2.05) is 4.90 Å². The monoisotopic (exact) mass is 325 g/mol. The molecule has 3 saturated heterocycles. The molecule has 0 aliphatic carbocycles. The maximum absolute atomic E-state index is 12.3. The molecule has 0 aromatic rings. The average molecular weight is 325 g/mol. The van der Waals surface area contributed by atoms with E-state index in [2.05, 4.69) is 17.1 Å². The molecular weight excluding hydrogens is 294 g/mol. The second-order valence-corrected chi connectivity index (χ2v) is 7.05. The third-order valence-corrected chi connectivity index (χ3v) is 5.28. The standard InChI is InChI=1S/C17H31N3O3/c1-14-13-20(8-10-22-14)15-4-6-19(7-5-15)17(21)12-18-11-16-3-2-9-23-16/h14-16,18H,2-13H2,1H3/t14-,16-/m1/s1. The quantitative estimate of drug-likeness (QED) is 0.796. The Labute approximate surface area is 139 Å². The number of ether oxygens (including phenoxy) is 2. The summed E-state index contributed by atoms with van der Waals surface area (Å²) >= 11 is 0. The van der Waals surface area contributed by atoms with Crippen molar-refractivity contribution in [3.05, 3.63) is 0 Å². The molecule has 6 nitrogen and oxygen atoms in total. The maximum Gasteiger partial charge on any atom is 0.236 e. The van der Waals surface area contributed by atoms with Crippen molar-refractivity contribution >= 4 is 5.91 Å². The number of carbonyl (C=O) groups excluding carboxylic acids is 1. The zero-order valence-electron chi connectivity index (χ0n) is 14.3. The van der Waals surface area contributed by atoms with Crippen molar-refractivity contribution in [2.24, 2.45) is 0 Å². The smallest absolute Gasteiger partial charge is 0.236 e. The summed E-state index contributed by atoms with van der Waals surface area (Å²) in [5.74, 6) is 0.233. The van der Waals surface area contributed by atoms with Crippen LogP contribution in [0.15, 0.2) is 0 Å². The summed E-state index contributed by atoms with van der Waals surface area (Å²) in [6, 6.07) is 0.616. The molecule has 0 radical (unpaired) electrons. The van der Waals surface area contributed by atoms with E-state index in [9.17, 15) is 4.79 Å². The fraction of sp³-hybridized carbons (Fsp3) is 0.941. The lowest BCUT2D eigenvalue weighted by Crippen LogP contribution is -2.52. The van der Waals surface area contributed by atoms with Gasteiger partial charge in [0, 0.05) is 45.4 Å². The van der Waals surface area contributed by atoms with Crippen molar-refractivity contribution in [1.29, 1.82) is 0 Å². The molecule has 3 aliphatic heterocycles. The van der Waals surface area contributed by atoms with Crippen molar-refractivity contribution in [3.8, 4) is 0 Å². The molecule has 2 atom stereocenters. The highest BCUT2D eigenvalue weighted by atomic mass is 16.5. The highest BCUT2D eigenvalue weighted by Crippen LogP contribution is 2.19. The van der Waals surface area contributed by atoms with E-state index >= 15 is 0 Å². The first-order valence-electron chi connectivity index (χ1n) is 9.18. The van der Waals surface area contributed by atoms with Crippen LogP contribution in [0.4, 0.5) is 0 Å². The van der Waals surface area contributed by atoms with E-state index in [0.717, 1.165) is 71.6 Å². The molecule has 3 rings (SSSR count). The van der Waals surface area contributed by atoms with E-state index in [4.69, 9.17) is 9.47 Å². The summed E-state index contributed by atoms with van der Waals surface area (Å²) in [5, 5.41) is 3.26. The van der Waals surface area contributed by atoms with Gasteiger partial charge in [-0.05, 0) is 32.6 Å². The molecule has 1 N–H and O–H groups in total. The van der Waals surface area contributed by atoms with Gasteiger partial charge in [-0.15, -0.1) is 0 Å².